The largest absolute Gasteiger partial charge is 0.478 e. The molecular weight excluding hydrogens is 234 g/mol. The van der Waals surface area contributed by atoms with E-state index in [-0.39, 0.29) is 5.56 Å². The molecule has 0 saturated carbocycles. The Morgan fingerprint density at radius 3 is 2.72 bits per heavy atom. The number of ether oxygens (including phenoxy) is 1. The third kappa shape index (κ3) is 2.03. The van der Waals surface area contributed by atoms with Crippen LogP contribution in [0.4, 0.5) is 4.79 Å². The molecule has 1 aromatic rings. The van der Waals surface area contributed by atoms with Crippen LogP contribution in [0.3, 0.4) is 0 Å². The van der Waals surface area contributed by atoms with Crippen molar-refractivity contribution in [2.75, 3.05) is 13.6 Å². The first-order chi connectivity index (χ1) is 8.44. The summed E-state index contributed by atoms with van der Waals surface area (Å²) in [6, 6.07) is 6.63. The zero-order valence-electron chi connectivity index (χ0n) is 10.3. The summed E-state index contributed by atoms with van der Waals surface area (Å²) in [5, 5.41) is 9.18. The molecule has 18 heavy (non-hydrogen) atoms. The van der Waals surface area contributed by atoms with E-state index in [1.165, 1.54) is 11.0 Å². The molecule has 5 nitrogen and oxygen atoms in total. The summed E-state index contributed by atoms with van der Waals surface area (Å²) >= 11 is 0. The second-order valence-electron chi connectivity index (χ2n) is 4.62. The lowest BCUT2D eigenvalue weighted by Crippen LogP contribution is -2.45. The molecule has 96 valence electrons. The second-order valence-corrected chi connectivity index (χ2v) is 4.62. The molecule has 5 heteroatoms. The Hall–Kier alpha value is -2.04. The van der Waals surface area contributed by atoms with Gasteiger partial charge in [-0.15, -0.1) is 0 Å². The molecule has 1 fully saturated rings. The van der Waals surface area contributed by atoms with E-state index >= 15 is 0 Å². The molecule has 1 aliphatic heterocycles. The van der Waals surface area contributed by atoms with Crippen LogP contribution in [0.2, 0.25) is 0 Å². The van der Waals surface area contributed by atoms with Crippen molar-refractivity contribution in [1.82, 2.24) is 4.90 Å². The van der Waals surface area contributed by atoms with Crippen LogP contribution in [0.1, 0.15) is 29.3 Å². The summed E-state index contributed by atoms with van der Waals surface area (Å²) in [7, 11) is 1.66. The van der Waals surface area contributed by atoms with Crippen LogP contribution in [0.5, 0.6) is 0 Å². The number of aromatic carboxylic acids is 1. The van der Waals surface area contributed by atoms with Crippen molar-refractivity contribution >= 4 is 12.1 Å². The van der Waals surface area contributed by atoms with Gasteiger partial charge in [-0.3, -0.25) is 0 Å². The number of carboxylic acid groups (broad SMARTS) is 1. The topological polar surface area (TPSA) is 66.8 Å². The molecule has 1 heterocycles. The number of rotatable bonds is 2. The van der Waals surface area contributed by atoms with E-state index in [0.29, 0.717) is 18.5 Å². The highest BCUT2D eigenvalue weighted by atomic mass is 16.6. The quantitative estimate of drug-likeness (QED) is 0.871. The van der Waals surface area contributed by atoms with Gasteiger partial charge in [-0.25, -0.2) is 9.59 Å². The number of nitrogens with zero attached hydrogens (tertiary/aromatic N) is 1. The maximum Gasteiger partial charge on any atom is 0.410 e. The van der Waals surface area contributed by atoms with Gasteiger partial charge in [-0.1, -0.05) is 18.2 Å². The Kier molecular flexibility index (Phi) is 2.98. The highest BCUT2D eigenvalue weighted by molar-refractivity contribution is 5.90. The van der Waals surface area contributed by atoms with Gasteiger partial charge >= 0.3 is 12.1 Å². The van der Waals surface area contributed by atoms with Gasteiger partial charge in [0.2, 0.25) is 0 Å². The lowest BCUT2D eigenvalue weighted by molar-refractivity contribution is -0.0357. The predicted octanol–water partition coefficient (Wildman–Crippen LogP) is 2.07. The molecule has 0 bridgehead atoms. The molecule has 2 rings (SSSR count). The molecule has 1 saturated heterocycles. The number of carboxylic acids is 1. The molecule has 1 aliphatic rings. The molecule has 0 aliphatic carbocycles. The maximum absolute atomic E-state index is 11.6. The van der Waals surface area contributed by atoms with Crippen molar-refractivity contribution in [1.29, 1.82) is 0 Å². The molecule has 0 radical (unpaired) electrons. The average molecular weight is 249 g/mol. The molecular formula is C13H15NO4. The van der Waals surface area contributed by atoms with E-state index in [9.17, 15) is 14.7 Å². The summed E-state index contributed by atoms with van der Waals surface area (Å²) in [5.74, 6) is -1.01. The first-order valence-electron chi connectivity index (χ1n) is 5.71. The summed E-state index contributed by atoms with van der Waals surface area (Å²) in [5.41, 5.74) is -0.158. The van der Waals surface area contributed by atoms with E-state index < -0.39 is 17.7 Å². The zero-order valence-corrected chi connectivity index (χ0v) is 10.3. The van der Waals surface area contributed by atoms with Gasteiger partial charge in [0, 0.05) is 25.6 Å². The van der Waals surface area contributed by atoms with Gasteiger partial charge < -0.3 is 14.7 Å². The summed E-state index contributed by atoms with van der Waals surface area (Å²) < 4.78 is 5.39. The summed E-state index contributed by atoms with van der Waals surface area (Å²) in [6.07, 6.45) is 0.142. The molecule has 1 atom stereocenters. The minimum Gasteiger partial charge on any atom is -0.478 e. The Morgan fingerprint density at radius 1 is 1.44 bits per heavy atom. The second kappa shape index (κ2) is 4.33. The molecule has 1 N–H and O–H groups in total. The number of benzene rings is 1. The van der Waals surface area contributed by atoms with Gasteiger partial charge in [0.05, 0.1) is 5.56 Å². The zero-order chi connectivity index (χ0) is 13.3. The summed E-state index contributed by atoms with van der Waals surface area (Å²) in [6.45, 7) is 2.29. The Morgan fingerprint density at radius 2 is 2.11 bits per heavy atom. The molecule has 0 spiro atoms. The smallest absolute Gasteiger partial charge is 0.410 e. The first-order valence-corrected chi connectivity index (χ1v) is 5.71. The number of carbonyl (C=O) groups is 2. The van der Waals surface area contributed by atoms with Gasteiger partial charge in [0.15, 0.2) is 0 Å². The molecule has 1 unspecified atom stereocenters. The third-order valence-corrected chi connectivity index (χ3v) is 3.28. The standard InChI is InChI=1S/C13H15NO4/c1-13(7-8-14(2)12(17)18-13)10-6-4-3-5-9(10)11(15)16/h3-6H,7-8H2,1-2H3,(H,15,16). The number of carbonyl (C=O) groups excluding carboxylic acids is 1. The highest BCUT2D eigenvalue weighted by Crippen LogP contribution is 2.35. The van der Waals surface area contributed by atoms with Crippen LogP contribution < -0.4 is 0 Å². The average Bonchev–Trinajstić information content (AvgIpc) is 2.34. The van der Waals surface area contributed by atoms with Crippen molar-refractivity contribution in [3.05, 3.63) is 35.4 Å². The Labute approximate surface area is 105 Å². The lowest BCUT2D eigenvalue weighted by Gasteiger charge is -2.38. The fourth-order valence-electron chi connectivity index (χ4n) is 2.11. The Balaban J connectivity index is 2.42. The van der Waals surface area contributed by atoms with Crippen molar-refractivity contribution in [3.63, 3.8) is 0 Å². The SMILES string of the molecule is CN1CCC(C)(c2ccccc2C(=O)O)OC1=O. The van der Waals surface area contributed by atoms with Crippen molar-refractivity contribution in [2.24, 2.45) is 0 Å². The highest BCUT2D eigenvalue weighted by Gasteiger charge is 2.39. The van der Waals surface area contributed by atoms with E-state index in [2.05, 4.69) is 0 Å². The third-order valence-electron chi connectivity index (χ3n) is 3.28. The van der Waals surface area contributed by atoms with E-state index in [0.717, 1.165) is 0 Å². The van der Waals surface area contributed by atoms with Crippen molar-refractivity contribution < 1.29 is 19.4 Å². The van der Waals surface area contributed by atoms with Gasteiger partial charge in [-0.05, 0) is 13.0 Å². The van der Waals surface area contributed by atoms with E-state index in [4.69, 9.17) is 4.74 Å². The van der Waals surface area contributed by atoms with E-state index in [1.807, 2.05) is 0 Å². The van der Waals surface area contributed by atoms with Crippen LogP contribution in [0, 0.1) is 0 Å². The fraction of sp³-hybridized carbons (Fsp3) is 0.385. The minimum atomic E-state index is -1.01. The normalized spacial score (nSPS) is 23.7. The van der Waals surface area contributed by atoms with Gasteiger partial charge in [0.1, 0.15) is 5.60 Å². The minimum absolute atomic E-state index is 0.178. The molecule has 1 aromatic carbocycles. The lowest BCUT2D eigenvalue weighted by atomic mass is 9.87. The van der Waals surface area contributed by atoms with E-state index in [1.54, 1.807) is 32.2 Å². The van der Waals surface area contributed by atoms with Crippen LogP contribution in [-0.2, 0) is 10.3 Å². The summed E-state index contributed by atoms with van der Waals surface area (Å²) in [4.78, 5) is 24.3. The number of hydrogen-bond acceptors (Lipinski definition) is 3. The monoisotopic (exact) mass is 249 g/mol. The van der Waals surface area contributed by atoms with Gasteiger partial charge in [-0.2, -0.15) is 0 Å². The number of amides is 1. The maximum atomic E-state index is 11.6. The Bertz CT molecular complexity index is 500. The van der Waals surface area contributed by atoms with Crippen molar-refractivity contribution in [3.8, 4) is 0 Å². The number of cyclic esters (lactones) is 1. The predicted molar refractivity (Wildman–Crippen MR) is 64.5 cm³/mol. The van der Waals surface area contributed by atoms with Crippen LogP contribution >= 0.6 is 0 Å². The van der Waals surface area contributed by atoms with Crippen LogP contribution in [-0.4, -0.2) is 35.7 Å². The molecule has 1 amide bonds. The van der Waals surface area contributed by atoms with Crippen LogP contribution in [0.15, 0.2) is 24.3 Å². The first kappa shape index (κ1) is 12.4. The number of hydrogen-bond donors (Lipinski definition) is 1. The molecule has 0 aromatic heterocycles. The van der Waals surface area contributed by atoms with Crippen LogP contribution in [0.25, 0.3) is 0 Å². The van der Waals surface area contributed by atoms with Gasteiger partial charge in [0.25, 0.3) is 0 Å². The van der Waals surface area contributed by atoms with Crippen molar-refractivity contribution in [2.45, 2.75) is 18.9 Å². The fourth-order valence-corrected chi connectivity index (χ4v) is 2.11.